The maximum absolute atomic E-state index is 13.0. The van der Waals surface area contributed by atoms with Crippen molar-refractivity contribution in [1.82, 2.24) is 20.1 Å². The van der Waals surface area contributed by atoms with Gasteiger partial charge in [0.05, 0.1) is 29.0 Å². The van der Waals surface area contributed by atoms with Gasteiger partial charge in [-0.2, -0.15) is 0 Å². The fraction of sp³-hybridized carbons (Fsp3) is 0.476. The molecule has 13 heteroatoms. The second kappa shape index (κ2) is 16.3. The van der Waals surface area contributed by atoms with Gasteiger partial charge in [0.25, 0.3) is 5.91 Å². The Bertz CT molecular complexity index is 2020. The number of carbonyl (C=O) groups is 3. The second-order valence-electron chi connectivity index (χ2n) is 15.3. The quantitative estimate of drug-likeness (QED) is 0.118. The van der Waals surface area contributed by atoms with Gasteiger partial charge in [-0.15, -0.1) is 11.3 Å². The molecule has 1 aliphatic carbocycles. The lowest BCUT2D eigenvalue weighted by molar-refractivity contribution is -0.139. The number of rotatable bonds is 14. The van der Waals surface area contributed by atoms with Crippen molar-refractivity contribution in [3.63, 3.8) is 0 Å². The minimum atomic E-state index is -1.26. The molecule has 290 valence electrons. The average molecular weight is 768 g/mol. The van der Waals surface area contributed by atoms with E-state index in [0.717, 1.165) is 96.0 Å². The Morgan fingerprint density at radius 2 is 1.67 bits per heavy atom. The van der Waals surface area contributed by atoms with Gasteiger partial charge in [-0.3, -0.25) is 24.6 Å². The van der Waals surface area contributed by atoms with Gasteiger partial charge in [0, 0.05) is 68.8 Å². The number of imide groups is 1. The van der Waals surface area contributed by atoms with Crippen molar-refractivity contribution < 1.29 is 33.7 Å². The zero-order chi connectivity index (χ0) is 38.1. The summed E-state index contributed by atoms with van der Waals surface area (Å²) in [5.74, 6) is 0.139. The molecule has 0 bridgehead atoms. The highest BCUT2D eigenvalue weighted by Crippen LogP contribution is 2.38. The van der Waals surface area contributed by atoms with Gasteiger partial charge in [0.1, 0.15) is 28.7 Å². The minimum Gasteiger partial charge on any atom is -0.494 e. The Kier molecular flexibility index (Phi) is 11.1. The number of aliphatic hydroxyl groups is 1. The van der Waals surface area contributed by atoms with Gasteiger partial charge in [-0.1, -0.05) is 0 Å². The number of nitrogens with zero attached hydrogens (tertiary/aromatic N) is 4. The average Bonchev–Trinajstić information content (AvgIpc) is 3.70. The molecule has 2 unspecified atom stereocenters. The van der Waals surface area contributed by atoms with E-state index in [-0.39, 0.29) is 31.0 Å². The highest BCUT2D eigenvalue weighted by molar-refractivity contribution is 7.21. The highest BCUT2D eigenvalue weighted by Gasteiger charge is 2.44. The van der Waals surface area contributed by atoms with Crippen molar-refractivity contribution in [3.8, 4) is 22.1 Å². The molecule has 2 atom stereocenters. The summed E-state index contributed by atoms with van der Waals surface area (Å²) in [4.78, 5) is 47.5. The molecule has 1 aromatic heterocycles. The number of anilines is 1. The molecular formula is C42H49N5O7S. The van der Waals surface area contributed by atoms with E-state index in [0.29, 0.717) is 29.6 Å². The molecule has 3 aliphatic heterocycles. The molecule has 12 nitrogen and oxygen atoms in total. The van der Waals surface area contributed by atoms with Crippen LogP contribution in [0.3, 0.4) is 0 Å². The predicted molar refractivity (Wildman–Crippen MR) is 210 cm³/mol. The van der Waals surface area contributed by atoms with E-state index < -0.39 is 24.1 Å². The second-order valence-corrected chi connectivity index (χ2v) is 16.3. The van der Waals surface area contributed by atoms with Gasteiger partial charge < -0.3 is 29.1 Å². The van der Waals surface area contributed by atoms with Crippen molar-refractivity contribution in [2.75, 3.05) is 45.2 Å². The number of nitrogens with one attached hydrogen (secondary N) is 1. The fourth-order valence-corrected chi connectivity index (χ4v) is 8.96. The van der Waals surface area contributed by atoms with Crippen LogP contribution in [-0.2, 0) is 14.3 Å². The van der Waals surface area contributed by atoms with Crippen LogP contribution in [-0.4, -0.2) is 102 Å². The fourth-order valence-electron chi connectivity index (χ4n) is 7.96. The Morgan fingerprint density at radius 1 is 0.891 bits per heavy atom. The van der Waals surface area contributed by atoms with E-state index in [9.17, 15) is 19.5 Å². The van der Waals surface area contributed by atoms with Gasteiger partial charge in [0.15, 0.2) is 6.23 Å². The summed E-state index contributed by atoms with van der Waals surface area (Å²) in [6, 6.07) is 18.9. The Hall–Kier alpha value is -4.56. The third-order valence-corrected chi connectivity index (χ3v) is 12.3. The monoisotopic (exact) mass is 767 g/mol. The van der Waals surface area contributed by atoms with Crippen molar-refractivity contribution in [2.24, 2.45) is 0 Å². The van der Waals surface area contributed by atoms with Crippen LogP contribution in [0.5, 0.6) is 11.5 Å². The first-order valence-corrected chi connectivity index (χ1v) is 20.3. The van der Waals surface area contributed by atoms with Crippen LogP contribution in [0.25, 0.3) is 20.8 Å². The number of aliphatic hydroxyl groups excluding tert-OH is 1. The molecule has 3 fully saturated rings. The zero-order valence-electron chi connectivity index (χ0n) is 31.4. The van der Waals surface area contributed by atoms with Crippen LogP contribution < -0.4 is 19.7 Å². The first-order chi connectivity index (χ1) is 26.7. The third-order valence-electron chi connectivity index (χ3n) is 11.2. The van der Waals surface area contributed by atoms with E-state index in [1.807, 2.05) is 20.2 Å². The summed E-state index contributed by atoms with van der Waals surface area (Å²) in [5.41, 5.74) is 4.07. The van der Waals surface area contributed by atoms with E-state index >= 15 is 0 Å². The maximum atomic E-state index is 13.0. The molecule has 3 aromatic carbocycles. The Morgan fingerprint density at radius 3 is 2.44 bits per heavy atom. The number of hydrogen-bond donors (Lipinski definition) is 2. The largest absolute Gasteiger partial charge is 0.494 e. The van der Waals surface area contributed by atoms with E-state index in [4.69, 9.17) is 19.2 Å². The number of hydrogen-bond acceptors (Lipinski definition) is 11. The van der Waals surface area contributed by atoms with Crippen LogP contribution in [0.2, 0.25) is 0 Å². The number of likely N-dealkylation sites (tertiary alicyclic amines) is 1. The smallest absolute Gasteiger partial charge is 0.257 e. The molecule has 55 heavy (non-hydrogen) atoms. The normalized spacial score (nSPS) is 23.1. The molecule has 4 aliphatic rings. The summed E-state index contributed by atoms with van der Waals surface area (Å²) in [5, 5.41) is 14.2. The number of thiazole rings is 1. The molecular weight excluding hydrogens is 719 g/mol. The lowest BCUT2D eigenvalue weighted by Crippen LogP contribution is -2.53. The SMILES string of the molecule is CN(C)c1ccc(-c2nc3ccc(O[C@H]4C[C@H](OC5CCN(CCCCCOc6ccc7c(c6)C(O)N(C6CCC(=O)NC6=O)C7=O)CC5)C4)cc3s2)cc1. The summed E-state index contributed by atoms with van der Waals surface area (Å²) < 4.78 is 19.9. The molecule has 1 saturated carbocycles. The summed E-state index contributed by atoms with van der Waals surface area (Å²) >= 11 is 1.70. The molecule has 2 saturated heterocycles. The number of ether oxygens (including phenoxy) is 3. The number of amides is 3. The van der Waals surface area contributed by atoms with E-state index in [2.05, 4.69) is 51.5 Å². The van der Waals surface area contributed by atoms with Crippen LogP contribution in [0.4, 0.5) is 5.69 Å². The minimum absolute atomic E-state index is 0.131. The summed E-state index contributed by atoms with van der Waals surface area (Å²) in [6.07, 6.45) is 6.83. The first-order valence-electron chi connectivity index (χ1n) is 19.5. The Balaban J connectivity index is 0.697. The van der Waals surface area contributed by atoms with Crippen LogP contribution >= 0.6 is 11.3 Å². The molecule has 4 heterocycles. The van der Waals surface area contributed by atoms with Crippen molar-refractivity contribution >= 4 is 45.0 Å². The van der Waals surface area contributed by atoms with E-state index in [1.165, 1.54) is 5.69 Å². The number of aromatic nitrogens is 1. The van der Waals surface area contributed by atoms with Gasteiger partial charge >= 0.3 is 0 Å². The topological polar surface area (TPSA) is 134 Å². The van der Waals surface area contributed by atoms with E-state index in [1.54, 1.807) is 29.5 Å². The van der Waals surface area contributed by atoms with Gasteiger partial charge in [-0.05, 0) is 106 Å². The Labute approximate surface area is 325 Å². The predicted octanol–water partition coefficient (Wildman–Crippen LogP) is 5.92. The highest BCUT2D eigenvalue weighted by atomic mass is 32.1. The van der Waals surface area contributed by atoms with Crippen molar-refractivity contribution in [1.29, 1.82) is 0 Å². The standard InChI is InChI=1S/C42H49N5O7S/c1-45(2)27-8-6-26(7-9-27)40-43-35-13-11-30(25-37(35)55-40)54-32-22-31(23-32)53-28-16-19-46(20-17-28)18-4-3-5-21-52-29-10-12-33-34(24-29)42(51)47(41(33)50)36-14-15-38(48)44-39(36)49/h6-13,24-25,28,31-32,36,42,51H,3-5,14-23H2,1-2H3,(H,44,48,49)/t31-,32-,36?,42?. The van der Waals surface area contributed by atoms with Crippen LogP contribution in [0.1, 0.15) is 79.9 Å². The van der Waals surface area contributed by atoms with Crippen LogP contribution in [0.15, 0.2) is 60.7 Å². The molecule has 3 amide bonds. The van der Waals surface area contributed by atoms with Gasteiger partial charge in [0.2, 0.25) is 11.8 Å². The summed E-state index contributed by atoms with van der Waals surface area (Å²) in [7, 11) is 4.09. The van der Waals surface area contributed by atoms with Crippen molar-refractivity contribution in [2.45, 2.75) is 88.4 Å². The number of carbonyl (C=O) groups excluding carboxylic acids is 3. The molecule has 0 radical (unpaired) electrons. The summed E-state index contributed by atoms with van der Waals surface area (Å²) in [6.45, 7) is 3.70. The lowest BCUT2D eigenvalue weighted by atomic mass is 9.91. The molecule has 8 rings (SSSR count). The molecule has 2 N–H and O–H groups in total. The number of unbranched alkanes of at least 4 members (excludes halogenated alkanes) is 2. The number of fused-ring (bicyclic) bond motifs is 2. The maximum Gasteiger partial charge on any atom is 0.257 e. The van der Waals surface area contributed by atoms with Crippen LogP contribution in [0, 0.1) is 0 Å². The first kappa shape index (κ1) is 37.4. The molecule has 4 aromatic rings. The molecule has 0 spiro atoms. The number of piperidine rings is 2. The van der Waals surface area contributed by atoms with Crippen molar-refractivity contribution in [3.05, 3.63) is 71.8 Å². The number of benzene rings is 3. The lowest BCUT2D eigenvalue weighted by Gasteiger charge is -2.40. The third kappa shape index (κ3) is 8.35. The van der Waals surface area contributed by atoms with Gasteiger partial charge in [-0.25, -0.2) is 4.98 Å². The zero-order valence-corrected chi connectivity index (χ0v) is 32.3.